The van der Waals surface area contributed by atoms with E-state index in [1.165, 1.54) is 13.2 Å². The molecule has 0 radical (unpaired) electrons. The van der Waals surface area contributed by atoms with Crippen molar-refractivity contribution in [2.24, 2.45) is 0 Å². The van der Waals surface area contributed by atoms with Gasteiger partial charge in [0.05, 0.1) is 7.11 Å². The number of nitrogens with one attached hydrogen (secondary N) is 1. The van der Waals surface area contributed by atoms with E-state index in [1.807, 2.05) is 30.3 Å². The number of ether oxygens (including phenoxy) is 1. The lowest BCUT2D eigenvalue weighted by atomic mass is 9.69. The molecule has 2 aromatic carbocycles. The van der Waals surface area contributed by atoms with E-state index < -0.39 is 10.0 Å². The largest absolute Gasteiger partial charge is 0.495 e. The Morgan fingerprint density at radius 1 is 1.00 bits per heavy atom. The molecule has 1 fully saturated rings. The molecule has 138 valence electrons. The molecule has 1 aliphatic carbocycles. The third kappa shape index (κ3) is 3.81. The zero-order chi connectivity index (χ0) is 18.6. The van der Waals surface area contributed by atoms with Crippen LogP contribution in [0.1, 0.15) is 31.2 Å². The summed E-state index contributed by atoms with van der Waals surface area (Å²) in [5.74, 6) is 0.553. The number of ketones is 1. The predicted octanol–water partition coefficient (Wildman–Crippen LogP) is 3.05. The highest BCUT2D eigenvalue weighted by Crippen LogP contribution is 2.38. The van der Waals surface area contributed by atoms with E-state index in [0.29, 0.717) is 31.4 Å². The van der Waals surface area contributed by atoms with E-state index in [1.54, 1.807) is 18.2 Å². The monoisotopic (exact) mass is 373 g/mol. The second kappa shape index (κ2) is 7.60. The smallest absolute Gasteiger partial charge is 0.244 e. The first-order valence-electron chi connectivity index (χ1n) is 8.67. The number of carbonyl (C=O) groups is 1. The fourth-order valence-electron chi connectivity index (χ4n) is 3.52. The van der Waals surface area contributed by atoms with Crippen LogP contribution < -0.4 is 9.46 Å². The lowest BCUT2D eigenvalue weighted by molar-refractivity contribution is -0.121. The molecule has 0 aromatic heterocycles. The van der Waals surface area contributed by atoms with E-state index in [2.05, 4.69) is 4.72 Å². The minimum atomic E-state index is -3.72. The van der Waals surface area contributed by atoms with Crippen molar-refractivity contribution in [3.05, 3.63) is 60.2 Å². The molecule has 1 aliphatic rings. The Kier molecular flexibility index (Phi) is 5.44. The molecule has 2 aromatic rings. The molecule has 0 atom stereocenters. The van der Waals surface area contributed by atoms with Crippen molar-refractivity contribution in [3.8, 4) is 5.75 Å². The average Bonchev–Trinajstić information content (AvgIpc) is 2.68. The molecule has 0 aliphatic heterocycles. The molecule has 3 rings (SSSR count). The van der Waals surface area contributed by atoms with Gasteiger partial charge in [0.25, 0.3) is 0 Å². The van der Waals surface area contributed by atoms with Crippen LogP contribution in [0.5, 0.6) is 5.75 Å². The second-order valence-corrected chi connectivity index (χ2v) is 8.40. The first-order chi connectivity index (χ1) is 12.5. The van der Waals surface area contributed by atoms with Gasteiger partial charge in [0.1, 0.15) is 16.4 Å². The number of Topliss-reactive ketones (excluding diaryl/α,β-unsaturated/α-hetero) is 1. The maximum atomic E-state index is 12.8. The number of para-hydroxylation sites is 1. The number of hydrogen-bond acceptors (Lipinski definition) is 4. The summed E-state index contributed by atoms with van der Waals surface area (Å²) in [5.41, 5.74) is 0.694. The summed E-state index contributed by atoms with van der Waals surface area (Å²) < 4.78 is 33.6. The third-order valence-electron chi connectivity index (χ3n) is 5.11. The normalized spacial score (nSPS) is 17.0. The molecule has 26 heavy (non-hydrogen) atoms. The Bertz CT molecular complexity index is 868. The Morgan fingerprint density at radius 3 is 2.27 bits per heavy atom. The Balaban J connectivity index is 1.87. The third-order valence-corrected chi connectivity index (χ3v) is 6.55. The SMILES string of the molecule is COc1ccccc1S(=O)(=O)NCC1(c2ccccc2)CCC(=O)CC1. The summed E-state index contributed by atoms with van der Waals surface area (Å²) in [6, 6.07) is 16.4. The summed E-state index contributed by atoms with van der Waals surface area (Å²) in [6.07, 6.45) is 2.24. The molecule has 0 saturated heterocycles. The van der Waals surface area contributed by atoms with Crippen LogP contribution in [-0.2, 0) is 20.2 Å². The number of hydrogen-bond donors (Lipinski definition) is 1. The van der Waals surface area contributed by atoms with Crippen molar-refractivity contribution in [3.63, 3.8) is 0 Å². The summed E-state index contributed by atoms with van der Waals surface area (Å²) in [6.45, 7) is 0.255. The molecule has 0 heterocycles. The lowest BCUT2D eigenvalue weighted by Gasteiger charge is -2.37. The maximum absolute atomic E-state index is 12.8. The van der Waals surface area contributed by atoms with Crippen molar-refractivity contribution in [1.82, 2.24) is 4.72 Å². The molecule has 5 nitrogen and oxygen atoms in total. The zero-order valence-electron chi connectivity index (χ0n) is 14.8. The topological polar surface area (TPSA) is 72.5 Å². The van der Waals surface area contributed by atoms with E-state index in [9.17, 15) is 13.2 Å². The standard InChI is InChI=1S/C20H23NO4S/c1-25-18-9-5-6-10-19(18)26(23,24)21-15-20(13-11-17(22)12-14-20)16-7-3-2-4-8-16/h2-10,21H,11-15H2,1H3. The molecule has 1 N–H and O–H groups in total. The van der Waals surface area contributed by atoms with E-state index in [4.69, 9.17) is 4.74 Å². The number of rotatable bonds is 6. The van der Waals surface area contributed by atoms with Gasteiger partial charge in [-0.2, -0.15) is 0 Å². The molecule has 0 unspecified atom stereocenters. The van der Waals surface area contributed by atoms with Crippen LogP contribution in [0.25, 0.3) is 0 Å². The number of methoxy groups -OCH3 is 1. The first-order valence-corrected chi connectivity index (χ1v) is 10.2. The zero-order valence-corrected chi connectivity index (χ0v) is 15.6. The first kappa shape index (κ1) is 18.6. The predicted molar refractivity (Wildman–Crippen MR) is 99.8 cm³/mol. The molecule has 0 spiro atoms. The molecular formula is C20H23NO4S. The van der Waals surface area contributed by atoms with Gasteiger partial charge < -0.3 is 4.74 Å². The van der Waals surface area contributed by atoms with Gasteiger partial charge in [0.2, 0.25) is 10.0 Å². The minimum absolute atomic E-state index is 0.123. The molecule has 0 bridgehead atoms. The van der Waals surface area contributed by atoms with E-state index >= 15 is 0 Å². The average molecular weight is 373 g/mol. The van der Waals surface area contributed by atoms with Crippen molar-refractivity contribution in [1.29, 1.82) is 0 Å². The maximum Gasteiger partial charge on any atom is 0.244 e. The minimum Gasteiger partial charge on any atom is -0.495 e. The van der Waals surface area contributed by atoms with Crippen molar-refractivity contribution >= 4 is 15.8 Å². The van der Waals surface area contributed by atoms with Crippen molar-refractivity contribution in [2.45, 2.75) is 36.0 Å². The summed E-state index contributed by atoms with van der Waals surface area (Å²) >= 11 is 0. The molecule has 0 amide bonds. The van der Waals surface area contributed by atoms with Crippen LogP contribution >= 0.6 is 0 Å². The van der Waals surface area contributed by atoms with Gasteiger partial charge in [-0.05, 0) is 30.5 Å². The second-order valence-electron chi connectivity index (χ2n) is 6.66. The quantitative estimate of drug-likeness (QED) is 0.845. The number of benzene rings is 2. The number of sulfonamides is 1. The van der Waals surface area contributed by atoms with Gasteiger partial charge in [-0.25, -0.2) is 13.1 Å². The van der Waals surface area contributed by atoms with E-state index in [-0.39, 0.29) is 22.6 Å². The molecule has 6 heteroatoms. The van der Waals surface area contributed by atoms with Gasteiger partial charge >= 0.3 is 0 Å². The Morgan fingerprint density at radius 2 is 1.62 bits per heavy atom. The van der Waals surface area contributed by atoms with Crippen molar-refractivity contribution < 1.29 is 17.9 Å². The van der Waals surface area contributed by atoms with Crippen molar-refractivity contribution in [2.75, 3.05) is 13.7 Å². The van der Waals surface area contributed by atoms with Gasteiger partial charge in [-0.1, -0.05) is 42.5 Å². The van der Waals surface area contributed by atoms with Crippen LogP contribution in [0.2, 0.25) is 0 Å². The Labute approximate surface area is 154 Å². The number of carbonyl (C=O) groups excluding carboxylic acids is 1. The van der Waals surface area contributed by atoms with Crippen LogP contribution in [0, 0.1) is 0 Å². The van der Waals surface area contributed by atoms with Crippen LogP contribution in [-0.4, -0.2) is 27.9 Å². The molecular weight excluding hydrogens is 350 g/mol. The highest BCUT2D eigenvalue weighted by Gasteiger charge is 2.37. The van der Waals surface area contributed by atoms with Gasteiger partial charge in [-0.15, -0.1) is 0 Å². The van der Waals surface area contributed by atoms with Crippen LogP contribution in [0.4, 0.5) is 0 Å². The Hall–Kier alpha value is -2.18. The highest BCUT2D eigenvalue weighted by atomic mass is 32.2. The van der Waals surface area contributed by atoms with Crippen LogP contribution in [0.3, 0.4) is 0 Å². The van der Waals surface area contributed by atoms with E-state index in [0.717, 1.165) is 5.56 Å². The fourth-order valence-corrected chi connectivity index (χ4v) is 4.81. The lowest BCUT2D eigenvalue weighted by Crippen LogP contribution is -2.43. The van der Waals surface area contributed by atoms with Gasteiger partial charge in [0.15, 0.2) is 0 Å². The molecule has 1 saturated carbocycles. The summed E-state index contributed by atoms with van der Waals surface area (Å²) in [5, 5.41) is 0. The summed E-state index contributed by atoms with van der Waals surface area (Å²) in [4.78, 5) is 11.9. The van der Waals surface area contributed by atoms with Gasteiger partial charge in [-0.3, -0.25) is 4.79 Å². The summed E-state index contributed by atoms with van der Waals surface area (Å²) in [7, 11) is -2.27. The highest BCUT2D eigenvalue weighted by molar-refractivity contribution is 7.89. The fraction of sp³-hybridized carbons (Fsp3) is 0.350. The van der Waals surface area contributed by atoms with Crippen LogP contribution in [0.15, 0.2) is 59.5 Å². The van der Waals surface area contributed by atoms with Gasteiger partial charge in [0, 0.05) is 24.8 Å².